The number of nitrogens with zero attached hydrogens (tertiary/aromatic N) is 1. The van der Waals surface area contributed by atoms with Crippen LogP contribution in [0.5, 0.6) is 0 Å². The fourth-order valence-corrected chi connectivity index (χ4v) is 6.92. The summed E-state index contributed by atoms with van der Waals surface area (Å²) in [5, 5.41) is 4.32. The molecular formula is C29H36ClN3O5. The van der Waals surface area contributed by atoms with Gasteiger partial charge in [0.2, 0.25) is 5.91 Å². The number of methoxy groups -OCH3 is 1. The van der Waals surface area contributed by atoms with Gasteiger partial charge in [-0.25, -0.2) is 4.79 Å². The molecule has 9 heteroatoms. The highest BCUT2D eigenvalue weighted by Crippen LogP contribution is 2.46. The number of aromatic amines is 1. The van der Waals surface area contributed by atoms with E-state index >= 15 is 0 Å². The minimum atomic E-state index is -0.922. The molecule has 2 aliphatic carbocycles. The number of esters is 1. The number of Topliss-reactive ketones (excluding diaryl/α,β-unsaturated/α-hetero) is 1. The van der Waals surface area contributed by atoms with Crippen LogP contribution in [-0.4, -0.2) is 59.2 Å². The molecule has 1 aromatic heterocycles. The van der Waals surface area contributed by atoms with Gasteiger partial charge in [-0.1, -0.05) is 43.4 Å². The van der Waals surface area contributed by atoms with Gasteiger partial charge in [-0.2, -0.15) is 0 Å². The van der Waals surface area contributed by atoms with Gasteiger partial charge in [-0.3, -0.25) is 14.4 Å². The number of amides is 2. The number of ether oxygens (including phenoxy) is 1. The summed E-state index contributed by atoms with van der Waals surface area (Å²) in [6.45, 7) is 0.504. The SMILES string of the molecule is COC(=O)[C@H](C[C@@H]1CCCCC1=O)NC(=O)C1CC2(CCCCC2)CN1C(=O)c1cc2ccc(Cl)cc2[nH]1. The number of carbonyl (C=O) groups is 4. The lowest BCUT2D eigenvalue weighted by atomic mass is 9.72. The van der Waals surface area contributed by atoms with E-state index in [1.807, 2.05) is 6.07 Å². The topological polar surface area (TPSA) is 109 Å². The monoisotopic (exact) mass is 541 g/mol. The highest BCUT2D eigenvalue weighted by atomic mass is 35.5. The first-order chi connectivity index (χ1) is 18.3. The first-order valence-corrected chi connectivity index (χ1v) is 14.2. The minimum Gasteiger partial charge on any atom is -0.467 e. The fourth-order valence-electron chi connectivity index (χ4n) is 6.75. The van der Waals surface area contributed by atoms with Crippen LogP contribution >= 0.6 is 11.6 Å². The van der Waals surface area contributed by atoms with E-state index in [4.69, 9.17) is 16.3 Å². The smallest absolute Gasteiger partial charge is 0.328 e. The van der Waals surface area contributed by atoms with Gasteiger partial charge in [0.05, 0.1) is 7.11 Å². The molecule has 2 N–H and O–H groups in total. The van der Waals surface area contributed by atoms with Crippen LogP contribution in [0.1, 0.15) is 81.1 Å². The Kier molecular flexibility index (Phi) is 7.80. The van der Waals surface area contributed by atoms with E-state index in [9.17, 15) is 19.2 Å². The largest absolute Gasteiger partial charge is 0.467 e. The number of ketones is 1. The second-order valence-electron chi connectivity index (χ2n) is 11.4. The molecule has 204 valence electrons. The Labute approximate surface area is 227 Å². The number of H-pyrrole nitrogens is 1. The molecule has 2 saturated carbocycles. The molecule has 3 fully saturated rings. The average molecular weight is 542 g/mol. The molecule has 3 aliphatic rings. The van der Waals surface area contributed by atoms with Crippen LogP contribution in [0.4, 0.5) is 0 Å². The van der Waals surface area contributed by atoms with Crippen molar-refractivity contribution in [3.8, 4) is 0 Å². The molecule has 5 rings (SSSR count). The van der Waals surface area contributed by atoms with E-state index in [-0.39, 0.29) is 35.4 Å². The number of aromatic nitrogens is 1. The normalized spacial score (nSPS) is 23.9. The maximum atomic E-state index is 13.8. The first-order valence-electron chi connectivity index (χ1n) is 13.8. The number of hydrogen-bond acceptors (Lipinski definition) is 5. The molecule has 2 amide bonds. The zero-order valence-electron chi connectivity index (χ0n) is 21.9. The average Bonchev–Trinajstić information content (AvgIpc) is 3.50. The van der Waals surface area contributed by atoms with Crippen molar-refractivity contribution in [1.82, 2.24) is 15.2 Å². The number of fused-ring (bicyclic) bond motifs is 1. The molecular weight excluding hydrogens is 506 g/mol. The number of benzene rings is 1. The molecule has 8 nitrogen and oxygen atoms in total. The Morgan fingerprint density at radius 1 is 1.16 bits per heavy atom. The molecule has 3 atom stereocenters. The van der Waals surface area contributed by atoms with E-state index in [1.165, 1.54) is 7.11 Å². The Morgan fingerprint density at radius 2 is 1.95 bits per heavy atom. The van der Waals surface area contributed by atoms with Crippen LogP contribution in [-0.2, 0) is 19.1 Å². The number of likely N-dealkylation sites (tertiary alicyclic amines) is 1. The summed E-state index contributed by atoms with van der Waals surface area (Å²) < 4.78 is 4.99. The van der Waals surface area contributed by atoms with Gasteiger partial charge < -0.3 is 19.9 Å². The van der Waals surface area contributed by atoms with Crippen LogP contribution < -0.4 is 5.32 Å². The highest BCUT2D eigenvalue weighted by Gasteiger charge is 2.49. The van der Waals surface area contributed by atoms with Gasteiger partial charge in [-0.05, 0) is 62.1 Å². The highest BCUT2D eigenvalue weighted by molar-refractivity contribution is 6.31. The van der Waals surface area contributed by atoms with Crippen molar-refractivity contribution in [3.05, 3.63) is 35.0 Å². The van der Waals surface area contributed by atoms with Crippen LogP contribution in [0.25, 0.3) is 10.9 Å². The summed E-state index contributed by atoms with van der Waals surface area (Å²) in [4.78, 5) is 57.5. The third-order valence-electron chi connectivity index (χ3n) is 8.80. The minimum absolute atomic E-state index is 0.106. The number of carbonyl (C=O) groups excluding carboxylic acids is 4. The van der Waals surface area contributed by atoms with Crippen molar-refractivity contribution < 1.29 is 23.9 Å². The van der Waals surface area contributed by atoms with Gasteiger partial charge in [0.25, 0.3) is 5.91 Å². The number of halogens is 1. The van der Waals surface area contributed by atoms with E-state index < -0.39 is 18.1 Å². The molecule has 0 bridgehead atoms. The van der Waals surface area contributed by atoms with E-state index in [0.717, 1.165) is 55.8 Å². The molecule has 1 aliphatic heterocycles. The maximum Gasteiger partial charge on any atom is 0.328 e. The second-order valence-corrected chi connectivity index (χ2v) is 11.8. The second kappa shape index (κ2) is 11.1. The Morgan fingerprint density at radius 3 is 2.68 bits per heavy atom. The molecule has 2 heterocycles. The predicted molar refractivity (Wildman–Crippen MR) is 144 cm³/mol. The Bertz CT molecular complexity index is 1230. The van der Waals surface area contributed by atoms with Crippen LogP contribution in [0.3, 0.4) is 0 Å². The summed E-state index contributed by atoms with van der Waals surface area (Å²) in [6.07, 6.45) is 9.08. The summed E-state index contributed by atoms with van der Waals surface area (Å²) in [5.74, 6) is -1.29. The van der Waals surface area contributed by atoms with Gasteiger partial charge in [0.15, 0.2) is 0 Å². The van der Waals surface area contributed by atoms with Crippen LogP contribution in [0.2, 0.25) is 5.02 Å². The standard InChI is InChI=1S/C29H36ClN3O5/c1-38-28(37)23(14-19-7-3-4-8-25(19)34)32-26(35)24-16-29(11-5-2-6-12-29)17-33(24)27(36)22-13-18-9-10-20(30)15-21(18)31-22/h9-10,13,15,19,23-24,31H,2-8,11-12,14,16-17H2,1H3,(H,32,35)/t19-,23-,24?/m0/s1. The molecule has 38 heavy (non-hydrogen) atoms. The predicted octanol–water partition coefficient (Wildman–Crippen LogP) is 4.79. The van der Waals surface area contributed by atoms with E-state index in [1.54, 1.807) is 23.1 Å². The third kappa shape index (κ3) is 5.46. The number of hydrogen-bond donors (Lipinski definition) is 2. The summed E-state index contributed by atoms with van der Waals surface area (Å²) >= 11 is 6.13. The molecule has 1 saturated heterocycles. The Balaban J connectivity index is 1.39. The number of rotatable bonds is 6. The van der Waals surface area contributed by atoms with Crippen molar-refractivity contribution in [3.63, 3.8) is 0 Å². The van der Waals surface area contributed by atoms with Gasteiger partial charge in [0, 0.05) is 34.8 Å². The third-order valence-corrected chi connectivity index (χ3v) is 9.04. The van der Waals surface area contributed by atoms with Crippen LogP contribution in [0, 0.1) is 11.3 Å². The van der Waals surface area contributed by atoms with Crippen molar-refractivity contribution in [2.75, 3.05) is 13.7 Å². The zero-order valence-corrected chi connectivity index (χ0v) is 22.6. The lowest BCUT2D eigenvalue weighted by Gasteiger charge is -2.32. The van der Waals surface area contributed by atoms with Crippen molar-refractivity contribution >= 4 is 46.1 Å². The van der Waals surface area contributed by atoms with E-state index in [2.05, 4.69) is 10.3 Å². The van der Waals surface area contributed by atoms with Gasteiger partial charge in [-0.15, -0.1) is 0 Å². The van der Waals surface area contributed by atoms with Crippen molar-refractivity contribution in [1.29, 1.82) is 0 Å². The number of nitrogens with one attached hydrogen (secondary N) is 2. The van der Waals surface area contributed by atoms with Crippen molar-refractivity contribution in [2.24, 2.45) is 11.3 Å². The molecule has 1 aromatic carbocycles. The summed E-state index contributed by atoms with van der Waals surface area (Å²) in [7, 11) is 1.29. The quantitative estimate of drug-likeness (QED) is 0.511. The lowest BCUT2D eigenvalue weighted by molar-refractivity contribution is -0.146. The summed E-state index contributed by atoms with van der Waals surface area (Å²) in [5.41, 5.74) is 1.06. The van der Waals surface area contributed by atoms with Crippen molar-refractivity contribution in [2.45, 2.75) is 82.7 Å². The zero-order chi connectivity index (χ0) is 26.9. The fraction of sp³-hybridized carbons (Fsp3) is 0.586. The molecule has 1 unspecified atom stereocenters. The molecule has 1 spiro atoms. The van der Waals surface area contributed by atoms with Crippen LogP contribution in [0.15, 0.2) is 24.3 Å². The maximum absolute atomic E-state index is 13.8. The van der Waals surface area contributed by atoms with E-state index in [0.29, 0.717) is 36.5 Å². The lowest BCUT2D eigenvalue weighted by Crippen LogP contribution is -2.52. The van der Waals surface area contributed by atoms with Gasteiger partial charge in [0.1, 0.15) is 23.6 Å². The molecule has 0 radical (unpaired) electrons. The molecule has 2 aromatic rings. The first kappa shape index (κ1) is 26.7. The van der Waals surface area contributed by atoms with Gasteiger partial charge >= 0.3 is 5.97 Å². The Hall–Kier alpha value is -2.87. The summed E-state index contributed by atoms with van der Waals surface area (Å²) in [6, 6.07) is 5.58.